The van der Waals surface area contributed by atoms with Crippen LogP contribution in [-0.4, -0.2) is 0 Å². The lowest BCUT2D eigenvalue weighted by molar-refractivity contribution is 0.124. The van der Waals surface area contributed by atoms with Crippen LogP contribution in [0, 0.1) is 47.3 Å². The van der Waals surface area contributed by atoms with Gasteiger partial charge in [-0.3, -0.25) is 0 Å². The fraction of sp³-hybridized carbons (Fsp3) is 0.938. The summed E-state index contributed by atoms with van der Waals surface area (Å²) in [5, 5.41) is 0. The van der Waals surface area contributed by atoms with E-state index in [1.54, 1.807) is 51.4 Å². The van der Waals surface area contributed by atoms with Crippen molar-refractivity contribution < 1.29 is 0 Å². The lowest BCUT2D eigenvalue weighted by Crippen LogP contribution is -2.29. The Kier molecular flexibility index (Phi) is 10.1. The molecule has 2 atom stereocenters. The summed E-state index contributed by atoms with van der Waals surface area (Å²) in [6.45, 7) is 4.71. The van der Waals surface area contributed by atoms with E-state index in [1.165, 1.54) is 77.0 Å². The number of rotatable bonds is 9. The summed E-state index contributed by atoms with van der Waals surface area (Å²) in [6, 6.07) is 0. The van der Waals surface area contributed by atoms with Crippen molar-refractivity contribution in [2.24, 2.45) is 47.3 Å². The molecule has 4 aliphatic rings. The van der Waals surface area contributed by atoms with Crippen molar-refractivity contribution in [1.29, 1.82) is 0 Å². The quantitative estimate of drug-likeness (QED) is 0.247. The van der Waals surface area contributed by atoms with Crippen LogP contribution in [0.25, 0.3) is 0 Å². The van der Waals surface area contributed by atoms with Crippen LogP contribution < -0.4 is 0 Å². The summed E-state index contributed by atoms with van der Waals surface area (Å²) in [5.41, 5.74) is 0. The highest BCUT2D eigenvalue weighted by Gasteiger charge is 2.34. The normalized spacial score (nSPS) is 40.9. The summed E-state index contributed by atoms with van der Waals surface area (Å²) >= 11 is 0. The van der Waals surface area contributed by atoms with Gasteiger partial charge in [-0.2, -0.15) is 0 Å². The van der Waals surface area contributed by atoms with Crippen LogP contribution in [0.5, 0.6) is 0 Å². The van der Waals surface area contributed by atoms with Crippen molar-refractivity contribution in [2.75, 3.05) is 0 Å². The summed E-state index contributed by atoms with van der Waals surface area (Å²) in [6.07, 6.45) is 35.7. The van der Waals surface area contributed by atoms with E-state index in [4.69, 9.17) is 0 Å². The molecule has 0 nitrogen and oxygen atoms in total. The van der Waals surface area contributed by atoms with Crippen molar-refractivity contribution in [1.82, 2.24) is 0 Å². The fourth-order valence-electron chi connectivity index (χ4n) is 8.64. The van der Waals surface area contributed by atoms with Gasteiger partial charge >= 0.3 is 0 Å². The minimum absolute atomic E-state index is 0.928. The van der Waals surface area contributed by atoms with Gasteiger partial charge in [0.25, 0.3) is 0 Å². The molecule has 0 radical (unpaired) electrons. The highest BCUT2D eigenvalue weighted by molar-refractivity contribution is 5.03. The zero-order chi connectivity index (χ0) is 22.2. The first-order valence-corrected chi connectivity index (χ1v) is 15.4. The molecule has 4 rings (SSSR count). The first kappa shape index (κ1) is 24.9. The molecule has 184 valence electrons. The fourth-order valence-corrected chi connectivity index (χ4v) is 8.64. The summed E-state index contributed by atoms with van der Waals surface area (Å²) in [5.74, 6) is 8.21. The molecule has 0 N–H and O–H groups in total. The van der Waals surface area contributed by atoms with E-state index >= 15 is 0 Å². The molecule has 0 aromatic heterocycles. The van der Waals surface area contributed by atoms with Crippen molar-refractivity contribution in [2.45, 2.75) is 142 Å². The van der Waals surface area contributed by atoms with Crippen LogP contribution in [-0.2, 0) is 0 Å². The molecule has 0 aliphatic heterocycles. The molecule has 0 spiro atoms. The Labute approximate surface area is 201 Å². The van der Waals surface area contributed by atoms with E-state index in [1.807, 2.05) is 0 Å². The van der Waals surface area contributed by atoms with Gasteiger partial charge in [0.15, 0.2) is 0 Å². The van der Waals surface area contributed by atoms with E-state index in [2.05, 4.69) is 26.0 Å². The Bertz CT molecular complexity index is 522. The van der Waals surface area contributed by atoms with Crippen LogP contribution in [0.1, 0.15) is 142 Å². The maximum Gasteiger partial charge on any atom is -0.0205 e. The van der Waals surface area contributed by atoms with E-state index in [9.17, 15) is 0 Å². The van der Waals surface area contributed by atoms with Gasteiger partial charge in [0, 0.05) is 0 Å². The van der Waals surface area contributed by atoms with Gasteiger partial charge in [-0.05, 0) is 112 Å². The number of hydrogen-bond donors (Lipinski definition) is 0. The van der Waals surface area contributed by atoms with Gasteiger partial charge in [0.05, 0.1) is 0 Å². The van der Waals surface area contributed by atoms with Gasteiger partial charge in [-0.15, -0.1) is 0 Å². The summed E-state index contributed by atoms with van der Waals surface area (Å²) in [4.78, 5) is 0. The topological polar surface area (TPSA) is 0 Å². The minimum atomic E-state index is 0.928. The average Bonchev–Trinajstić information content (AvgIpc) is 2.86. The predicted molar refractivity (Wildman–Crippen MR) is 141 cm³/mol. The molecule has 0 bridgehead atoms. The molecule has 0 aromatic carbocycles. The molecule has 4 aliphatic carbocycles. The Balaban J connectivity index is 1.14. The molecule has 0 amide bonds. The third kappa shape index (κ3) is 6.88. The lowest BCUT2D eigenvalue weighted by atomic mass is 9.65. The third-order valence-corrected chi connectivity index (χ3v) is 10.8. The molecule has 0 heterocycles. The zero-order valence-electron chi connectivity index (χ0n) is 21.9. The van der Waals surface area contributed by atoms with Crippen LogP contribution in [0.2, 0.25) is 0 Å². The maximum atomic E-state index is 2.72. The lowest BCUT2D eigenvalue weighted by Gasteiger charge is -2.41. The van der Waals surface area contributed by atoms with Crippen molar-refractivity contribution in [3.05, 3.63) is 12.2 Å². The monoisotopic (exact) mass is 440 g/mol. The summed E-state index contributed by atoms with van der Waals surface area (Å²) in [7, 11) is 0. The molecular weight excluding hydrogens is 384 g/mol. The Morgan fingerprint density at radius 3 is 1.34 bits per heavy atom. The molecule has 0 aromatic rings. The third-order valence-electron chi connectivity index (χ3n) is 10.8. The van der Waals surface area contributed by atoms with Crippen molar-refractivity contribution >= 4 is 0 Å². The Hall–Kier alpha value is -0.260. The van der Waals surface area contributed by atoms with Gasteiger partial charge < -0.3 is 0 Å². The molecule has 0 heteroatoms. The second kappa shape index (κ2) is 13.0. The van der Waals surface area contributed by atoms with E-state index < -0.39 is 0 Å². The molecule has 0 saturated heterocycles. The standard InChI is InChI=1S/C32H56/c1-3-5-6-8-26-11-15-28(16-12-26)30-19-23-32(24-20-30)31-21-17-29(18-22-31)27-13-9-25(7-4-2)10-14-27/h19,23,25-32H,3-18,20-22,24H2,1-2H3. The molecular formula is C32H56. The van der Waals surface area contributed by atoms with Gasteiger partial charge in [-0.25, -0.2) is 0 Å². The molecule has 2 unspecified atom stereocenters. The largest absolute Gasteiger partial charge is 0.0849 e. The first-order chi connectivity index (χ1) is 15.8. The Morgan fingerprint density at radius 2 is 0.875 bits per heavy atom. The number of unbranched alkanes of at least 4 members (excludes halogenated alkanes) is 2. The molecule has 3 saturated carbocycles. The first-order valence-electron chi connectivity index (χ1n) is 15.4. The summed E-state index contributed by atoms with van der Waals surface area (Å²) < 4.78 is 0. The highest BCUT2D eigenvalue weighted by Crippen LogP contribution is 2.46. The highest BCUT2D eigenvalue weighted by atomic mass is 14.4. The SMILES string of the molecule is CCCCCC1CCC(C2C=CC(C3CCC(C4CCC(CCC)CC4)CC3)CC2)CC1. The average molecular weight is 441 g/mol. The Morgan fingerprint density at radius 1 is 0.438 bits per heavy atom. The van der Waals surface area contributed by atoms with Crippen molar-refractivity contribution in [3.63, 3.8) is 0 Å². The van der Waals surface area contributed by atoms with Crippen LogP contribution in [0.4, 0.5) is 0 Å². The number of allylic oxidation sites excluding steroid dienone is 2. The molecule has 32 heavy (non-hydrogen) atoms. The minimum Gasteiger partial charge on any atom is -0.0849 e. The van der Waals surface area contributed by atoms with Crippen LogP contribution in [0.3, 0.4) is 0 Å². The van der Waals surface area contributed by atoms with Crippen LogP contribution in [0.15, 0.2) is 12.2 Å². The molecule has 3 fully saturated rings. The maximum absolute atomic E-state index is 2.72. The van der Waals surface area contributed by atoms with Crippen molar-refractivity contribution in [3.8, 4) is 0 Å². The second-order valence-corrected chi connectivity index (χ2v) is 12.8. The predicted octanol–water partition coefficient (Wildman–Crippen LogP) is 10.4. The van der Waals surface area contributed by atoms with Gasteiger partial charge in [-0.1, -0.05) is 90.2 Å². The van der Waals surface area contributed by atoms with Gasteiger partial charge in [0.2, 0.25) is 0 Å². The van der Waals surface area contributed by atoms with E-state index in [-0.39, 0.29) is 0 Å². The van der Waals surface area contributed by atoms with E-state index in [0.717, 1.165) is 47.3 Å². The van der Waals surface area contributed by atoms with Crippen LogP contribution >= 0.6 is 0 Å². The van der Waals surface area contributed by atoms with Gasteiger partial charge in [0.1, 0.15) is 0 Å². The second-order valence-electron chi connectivity index (χ2n) is 12.8. The van der Waals surface area contributed by atoms with E-state index in [0.29, 0.717) is 0 Å². The smallest absolute Gasteiger partial charge is 0.0205 e. The number of hydrogen-bond acceptors (Lipinski definition) is 0. The zero-order valence-corrected chi connectivity index (χ0v) is 21.9.